The van der Waals surface area contributed by atoms with Crippen molar-refractivity contribution in [2.75, 3.05) is 0 Å². The zero-order chi connectivity index (χ0) is 9.84. The minimum atomic E-state index is -0.630. The molecule has 0 heterocycles. The zero-order valence-electron chi connectivity index (χ0n) is 6.84. The van der Waals surface area contributed by atoms with Crippen molar-refractivity contribution in [1.82, 2.24) is 0 Å². The number of rotatable bonds is 3. The van der Waals surface area contributed by atoms with Crippen molar-refractivity contribution in [3.63, 3.8) is 0 Å². The molecule has 0 spiro atoms. The molecule has 0 bridgehead atoms. The highest BCUT2D eigenvalue weighted by Crippen LogP contribution is 2.14. The van der Waals surface area contributed by atoms with Gasteiger partial charge in [-0.3, -0.25) is 4.79 Å². The normalized spacial score (nSPS) is 12.5. The molecule has 0 fully saturated rings. The molecule has 1 atom stereocenters. The lowest BCUT2D eigenvalue weighted by atomic mass is 10.1. The fraction of sp³-hybridized carbons (Fsp3) is 0.222. The first-order valence-corrected chi connectivity index (χ1v) is 5.00. The van der Waals surface area contributed by atoms with Crippen LogP contribution in [-0.2, 0) is 11.2 Å². The van der Waals surface area contributed by atoms with Crippen LogP contribution in [0.5, 0.6) is 0 Å². The maximum atomic E-state index is 10.7. The van der Waals surface area contributed by atoms with Crippen molar-refractivity contribution in [3.05, 3.63) is 34.3 Å². The first kappa shape index (κ1) is 10.5. The number of benzene rings is 1. The van der Waals surface area contributed by atoms with Crippen molar-refractivity contribution < 1.29 is 4.79 Å². The average Bonchev–Trinajstić information content (AvgIpc) is 2.04. The number of amides is 1. The molecule has 13 heavy (non-hydrogen) atoms. The van der Waals surface area contributed by atoms with E-state index in [9.17, 15) is 4.79 Å². The van der Waals surface area contributed by atoms with Crippen LogP contribution in [0.3, 0.4) is 0 Å². The van der Waals surface area contributed by atoms with Crippen molar-refractivity contribution in [1.29, 1.82) is 0 Å². The van der Waals surface area contributed by atoms with E-state index in [0.29, 0.717) is 6.42 Å². The maximum absolute atomic E-state index is 10.7. The van der Waals surface area contributed by atoms with Gasteiger partial charge < -0.3 is 5.73 Å². The Labute approximate surface area is 90.2 Å². The first-order chi connectivity index (χ1) is 6.09. The van der Waals surface area contributed by atoms with Crippen LogP contribution >= 0.6 is 27.5 Å². The minimum absolute atomic E-state index is 0.469. The Morgan fingerprint density at radius 2 is 2.31 bits per heavy atom. The molecule has 1 aromatic rings. The lowest BCUT2D eigenvalue weighted by Crippen LogP contribution is -2.25. The molecule has 0 aliphatic carbocycles. The van der Waals surface area contributed by atoms with E-state index in [0.717, 1.165) is 10.0 Å². The summed E-state index contributed by atoms with van der Waals surface area (Å²) in [6, 6.07) is 7.63. The molecule has 0 saturated carbocycles. The molecule has 0 aromatic heterocycles. The van der Waals surface area contributed by atoms with Gasteiger partial charge in [0.25, 0.3) is 0 Å². The van der Waals surface area contributed by atoms with E-state index in [1.54, 1.807) is 0 Å². The molecule has 2 nitrogen and oxygen atoms in total. The third-order valence-corrected chi connectivity index (χ3v) is 2.48. The summed E-state index contributed by atoms with van der Waals surface area (Å²) in [6.45, 7) is 0. The van der Waals surface area contributed by atoms with Crippen molar-refractivity contribution in [3.8, 4) is 0 Å². The summed E-state index contributed by atoms with van der Waals surface area (Å²) in [5, 5.41) is -0.630. The summed E-state index contributed by atoms with van der Waals surface area (Å²) < 4.78 is 0.971. The number of hydrogen-bond donors (Lipinski definition) is 1. The van der Waals surface area contributed by atoms with E-state index in [2.05, 4.69) is 15.9 Å². The predicted octanol–water partition coefficient (Wildman–Crippen LogP) is 2.08. The summed E-state index contributed by atoms with van der Waals surface area (Å²) in [5.41, 5.74) is 6.03. The van der Waals surface area contributed by atoms with E-state index in [4.69, 9.17) is 17.3 Å². The number of halogens is 2. The number of hydrogen-bond acceptors (Lipinski definition) is 1. The smallest absolute Gasteiger partial charge is 0.235 e. The van der Waals surface area contributed by atoms with Crippen LogP contribution in [0.4, 0.5) is 0 Å². The quantitative estimate of drug-likeness (QED) is 0.833. The second-order valence-electron chi connectivity index (χ2n) is 2.70. The summed E-state index contributed by atoms with van der Waals surface area (Å²) in [6.07, 6.45) is 0.469. The van der Waals surface area contributed by atoms with E-state index in [-0.39, 0.29) is 0 Å². The molecule has 1 rings (SSSR count). The van der Waals surface area contributed by atoms with Gasteiger partial charge in [0.05, 0.1) is 0 Å². The molecule has 1 aromatic carbocycles. The number of nitrogens with two attached hydrogens (primary N) is 1. The summed E-state index contributed by atoms with van der Waals surface area (Å²) in [7, 11) is 0. The fourth-order valence-corrected chi connectivity index (χ4v) is 1.60. The summed E-state index contributed by atoms with van der Waals surface area (Å²) in [5.74, 6) is -0.485. The Balaban J connectivity index is 2.69. The van der Waals surface area contributed by atoms with Gasteiger partial charge in [0.2, 0.25) is 5.91 Å². The van der Waals surface area contributed by atoms with Crippen LogP contribution in [0.2, 0.25) is 0 Å². The van der Waals surface area contributed by atoms with Gasteiger partial charge in [0.15, 0.2) is 0 Å². The van der Waals surface area contributed by atoms with Gasteiger partial charge in [0, 0.05) is 4.47 Å². The lowest BCUT2D eigenvalue weighted by Gasteiger charge is -2.04. The first-order valence-electron chi connectivity index (χ1n) is 3.77. The highest BCUT2D eigenvalue weighted by molar-refractivity contribution is 9.10. The Morgan fingerprint density at radius 1 is 1.62 bits per heavy atom. The molecule has 4 heteroatoms. The highest BCUT2D eigenvalue weighted by atomic mass is 79.9. The molecule has 70 valence electrons. The monoisotopic (exact) mass is 261 g/mol. The fourth-order valence-electron chi connectivity index (χ4n) is 0.971. The van der Waals surface area contributed by atoms with Crippen LogP contribution in [-0.4, -0.2) is 11.3 Å². The molecular weight excluding hydrogens is 253 g/mol. The average molecular weight is 263 g/mol. The van der Waals surface area contributed by atoms with Gasteiger partial charge in [-0.2, -0.15) is 0 Å². The highest BCUT2D eigenvalue weighted by Gasteiger charge is 2.11. The van der Waals surface area contributed by atoms with Crippen LogP contribution < -0.4 is 5.73 Å². The SMILES string of the molecule is NC(=O)C(Cl)Cc1cccc(Br)c1. The number of primary amides is 1. The Hall–Kier alpha value is -0.540. The van der Waals surface area contributed by atoms with Crippen molar-refractivity contribution >= 4 is 33.4 Å². The van der Waals surface area contributed by atoms with E-state index in [1.165, 1.54) is 0 Å². The topological polar surface area (TPSA) is 43.1 Å². The van der Waals surface area contributed by atoms with Crippen LogP contribution in [0.25, 0.3) is 0 Å². The van der Waals surface area contributed by atoms with Crippen LogP contribution in [0.1, 0.15) is 5.56 Å². The maximum Gasteiger partial charge on any atom is 0.235 e. The largest absolute Gasteiger partial charge is 0.368 e. The van der Waals surface area contributed by atoms with Gasteiger partial charge in [-0.25, -0.2) is 0 Å². The Morgan fingerprint density at radius 3 is 2.85 bits per heavy atom. The Kier molecular flexibility index (Phi) is 3.75. The molecule has 0 saturated heterocycles. The third kappa shape index (κ3) is 3.36. The third-order valence-electron chi connectivity index (χ3n) is 1.61. The second kappa shape index (κ2) is 4.63. The van der Waals surface area contributed by atoms with E-state index < -0.39 is 11.3 Å². The van der Waals surface area contributed by atoms with Gasteiger partial charge >= 0.3 is 0 Å². The van der Waals surface area contributed by atoms with Gasteiger partial charge in [-0.05, 0) is 24.1 Å². The van der Waals surface area contributed by atoms with Gasteiger partial charge in [-0.1, -0.05) is 28.1 Å². The molecular formula is C9H9BrClNO. The van der Waals surface area contributed by atoms with E-state index in [1.807, 2.05) is 24.3 Å². The molecule has 1 amide bonds. The Bertz CT molecular complexity index is 316. The predicted molar refractivity (Wildman–Crippen MR) is 56.7 cm³/mol. The van der Waals surface area contributed by atoms with Crippen LogP contribution in [0, 0.1) is 0 Å². The number of carbonyl (C=O) groups excluding carboxylic acids is 1. The van der Waals surface area contributed by atoms with Gasteiger partial charge in [-0.15, -0.1) is 11.6 Å². The zero-order valence-corrected chi connectivity index (χ0v) is 9.18. The standard InChI is InChI=1S/C9H9BrClNO/c10-7-3-1-2-6(4-7)5-8(11)9(12)13/h1-4,8H,5H2,(H2,12,13). The molecule has 1 unspecified atom stereocenters. The van der Waals surface area contributed by atoms with Gasteiger partial charge in [0.1, 0.15) is 5.38 Å². The van der Waals surface area contributed by atoms with Crippen LogP contribution in [0.15, 0.2) is 28.7 Å². The molecule has 0 radical (unpaired) electrons. The molecule has 0 aliphatic rings. The lowest BCUT2D eigenvalue weighted by molar-refractivity contribution is -0.117. The number of alkyl halides is 1. The minimum Gasteiger partial charge on any atom is -0.368 e. The second-order valence-corrected chi connectivity index (χ2v) is 4.15. The summed E-state index contributed by atoms with van der Waals surface area (Å²) >= 11 is 9.04. The van der Waals surface area contributed by atoms with E-state index >= 15 is 0 Å². The van der Waals surface area contributed by atoms with Crippen molar-refractivity contribution in [2.24, 2.45) is 5.73 Å². The number of carbonyl (C=O) groups is 1. The summed E-state index contributed by atoms with van der Waals surface area (Å²) in [4.78, 5) is 10.7. The van der Waals surface area contributed by atoms with Crippen molar-refractivity contribution in [2.45, 2.75) is 11.8 Å². The molecule has 2 N–H and O–H groups in total. The molecule has 0 aliphatic heterocycles.